The lowest BCUT2D eigenvalue weighted by Crippen LogP contribution is -2.41. The van der Waals surface area contributed by atoms with E-state index in [-0.39, 0.29) is 18.2 Å². The highest BCUT2D eigenvalue weighted by Gasteiger charge is 2.33. The molecule has 1 aliphatic rings. The SMILES string of the molecule is O[C@H]1CCCC[C@@H]1NCc1ccccc1C(F)(F)F. The number of halogens is 3. The first-order chi connectivity index (χ1) is 8.98. The van der Waals surface area contributed by atoms with Crippen LogP contribution in [0.3, 0.4) is 0 Å². The fraction of sp³-hybridized carbons (Fsp3) is 0.571. The second-order valence-electron chi connectivity index (χ2n) is 4.99. The lowest BCUT2D eigenvalue weighted by Gasteiger charge is -2.29. The first kappa shape index (κ1) is 14.3. The van der Waals surface area contributed by atoms with E-state index in [1.165, 1.54) is 12.1 Å². The Balaban J connectivity index is 2.03. The molecule has 1 fully saturated rings. The first-order valence-corrected chi connectivity index (χ1v) is 6.55. The molecule has 0 spiro atoms. The quantitative estimate of drug-likeness (QED) is 0.887. The molecule has 0 aliphatic heterocycles. The van der Waals surface area contributed by atoms with Gasteiger partial charge >= 0.3 is 6.18 Å². The topological polar surface area (TPSA) is 32.3 Å². The number of hydrogen-bond acceptors (Lipinski definition) is 2. The zero-order valence-electron chi connectivity index (χ0n) is 10.6. The van der Waals surface area contributed by atoms with Crippen molar-refractivity contribution in [1.29, 1.82) is 0 Å². The average molecular weight is 273 g/mol. The van der Waals surface area contributed by atoms with Gasteiger partial charge < -0.3 is 10.4 Å². The predicted octanol–water partition coefficient (Wildman–Crippen LogP) is 3.10. The summed E-state index contributed by atoms with van der Waals surface area (Å²) in [5.74, 6) is 0. The van der Waals surface area contributed by atoms with Crippen LogP contribution >= 0.6 is 0 Å². The van der Waals surface area contributed by atoms with Crippen LogP contribution in [0.4, 0.5) is 13.2 Å². The Morgan fingerprint density at radius 3 is 2.53 bits per heavy atom. The Bertz CT molecular complexity index is 419. The van der Waals surface area contributed by atoms with Gasteiger partial charge in [0.25, 0.3) is 0 Å². The van der Waals surface area contributed by atoms with E-state index < -0.39 is 17.8 Å². The molecule has 1 aromatic carbocycles. The van der Waals surface area contributed by atoms with E-state index in [1.807, 2.05) is 0 Å². The second-order valence-corrected chi connectivity index (χ2v) is 4.99. The summed E-state index contributed by atoms with van der Waals surface area (Å²) in [4.78, 5) is 0. The van der Waals surface area contributed by atoms with E-state index in [4.69, 9.17) is 0 Å². The third-order valence-electron chi connectivity index (χ3n) is 3.61. The normalized spacial score (nSPS) is 24.4. The summed E-state index contributed by atoms with van der Waals surface area (Å²) >= 11 is 0. The molecule has 1 aromatic rings. The molecule has 1 aliphatic carbocycles. The van der Waals surface area contributed by atoms with Crippen LogP contribution in [-0.4, -0.2) is 17.3 Å². The summed E-state index contributed by atoms with van der Waals surface area (Å²) in [6, 6.07) is 5.46. The van der Waals surface area contributed by atoms with Crippen molar-refractivity contribution in [3.8, 4) is 0 Å². The maximum absolute atomic E-state index is 12.8. The summed E-state index contributed by atoms with van der Waals surface area (Å²) < 4.78 is 38.4. The van der Waals surface area contributed by atoms with Crippen LogP contribution in [0, 0.1) is 0 Å². The summed E-state index contributed by atoms with van der Waals surface area (Å²) in [5.41, 5.74) is -0.374. The molecule has 0 aromatic heterocycles. The largest absolute Gasteiger partial charge is 0.416 e. The molecule has 0 unspecified atom stereocenters. The van der Waals surface area contributed by atoms with Crippen molar-refractivity contribution >= 4 is 0 Å². The zero-order chi connectivity index (χ0) is 13.9. The first-order valence-electron chi connectivity index (χ1n) is 6.55. The number of nitrogens with one attached hydrogen (secondary N) is 1. The van der Waals surface area contributed by atoms with E-state index >= 15 is 0 Å². The molecule has 0 heterocycles. The lowest BCUT2D eigenvalue weighted by molar-refractivity contribution is -0.138. The van der Waals surface area contributed by atoms with Gasteiger partial charge in [-0.15, -0.1) is 0 Å². The Hall–Kier alpha value is -1.07. The fourth-order valence-electron chi connectivity index (χ4n) is 2.54. The van der Waals surface area contributed by atoms with Gasteiger partial charge in [-0.05, 0) is 24.5 Å². The Labute approximate surface area is 110 Å². The number of alkyl halides is 3. The molecular weight excluding hydrogens is 255 g/mol. The predicted molar refractivity (Wildman–Crippen MR) is 66.5 cm³/mol. The summed E-state index contributed by atoms with van der Waals surface area (Å²) in [6.45, 7) is 0.136. The Morgan fingerprint density at radius 2 is 1.84 bits per heavy atom. The molecular formula is C14H18F3NO. The third kappa shape index (κ3) is 3.70. The molecule has 19 heavy (non-hydrogen) atoms. The molecule has 2 atom stereocenters. The van der Waals surface area contributed by atoms with Gasteiger partial charge in [0.2, 0.25) is 0 Å². The van der Waals surface area contributed by atoms with E-state index in [2.05, 4.69) is 5.32 Å². The molecule has 2 rings (SSSR count). The fourth-order valence-corrected chi connectivity index (χ4v) is 2.54. The zero-order valence-corrected chi connectivity index (χ0v) is 10.6. The summed E-state index contributed by atoms with van der Waals surface area (Å²) in [5, 5.41) is 12.8. The molecule has 0 bridgehead atoms. The number of rotatable bonds is 3. The van der Waals surface area contributed by atoms with Crippen LogP contribution in [0.5, 0.6) is 0 Å². The number of aliphatic hydroxyl groups is 1. The van der Waals surface area contributed by atoms with Crippen LogP contribution in [0.15, 0.2) is 24.3 Å². The Kier molecular flexibility index (Phi) is 4.47. The van der Waals surface area contributed by atoms with Crippen molar-refractivity contribution in [2.75, 3.05) is 0 Å². The van der Waals surface area contributed by atoms with Gasteiger partial charge in [0.1, 0.15) is 0 Å². The van der Waals surface area contributed by atoms with Crippen LogP contribution in [0.1, 0.15) is 36.8 Å². The maximum atomic E-state index is 12.8. The summed E-state index contributed by atoms with van der Waals surface area (Å²) in [6.07, 6.45) is -1.25. The van der Waals surface area contributed by atoms with Crippen molar-refractivity contribution in [3.63, 3.8) is 0 Å². The van der Waals surface area contributed by atoms with Crippen LogP contribution in [0.2, 0.25) is 0 Å². The average Bonchev–Trinajstić information content (AvgIpc) is 2.37. The summed E-state index contributed by atoms with van der Waals surface area (Å²) in [7, 11) is 0. The van der Waals surface area contributed by atoms with Crippen LogP contribution < -0.4 is 5.32 Å². The highest BCUT2D eigenvalue weighted by molar-refractivity contribution is 5.29. The van der Waals surface area contributed by atoms with Crippen LogP contribution in [0.25, 0.3) is 0 Å². The van der Waals surface area contributed by atoms with Gasteiger partial charge in [-0.3, -0.25) is 0 Å². The third-order valence-corrected chi connectivity index (χ3v) is 3.61. The van der Waals surface area contributed by atoms with Crippen LogP contribution in [-0.2, 0) is 12.7 Å². The van der Waals surface area contributed by atoms with Crippen molar-refractivity contribution < 1.29 is 18.3 Å². The smallest absolute Gasteiger partial charge is 0.392 e. The van der Waals surface area contributed by atoms with Gasteiger partial charge in [0.15, 0.2) is 0 Å². The maximum Gasteiger partial charge on any atom is 0.416 e. The molecule has 1 saturated carbocycles. The minimum Gasteiger partial charge on any atom is -0.392 e. The lowest BCUT2D eigenvalue weighted by atomic mass is 9.92. The van der Waals surface area contributed by atoms with Gasteiger partial charge in [0, 0.05) is 12.6 Å². The molecule has 2 N–H and O–H groups in total. The standard InChI is InChI=1S/C14H18F3NO/c15-14(16,17)11-6-2-1-5-10(11)9-18-12-7-3-4-8-13(12)19/h1-2,5-6,12-13,18-19H,3-4,7-9H2/t12-,13-/m0/s1. The minimum absolute atomic E-state index is 0.102. The van der Waals surface area contributed by atoms with Gasteiger partial charge in [-0.2, -0.15) is 13.2 Å². The molecule has 5 heteroatoms. The highest BCUT2D eigenvalue weighted by atomic mass is 19.4. The van der Waals surface area contributed by atoms with E-state index in [1.54, 1.807) is 6.07 Å². The Morgan fingerprint density at radius 1 is 1.16 bits per heavy atom. The van der Waals surface area contributed by atoms with Crippen molar-refractivity contribution in [1.82, 2.24) is 5.32 Å². The number of aliphatic hydroxyl groups excluding tert-OH is 1. The molecule has 0 radical (unpaired) electrons. The van der Waals surface area contributed by atoms with Crippen molar-refractivity contribution in [3.05, 3.63) is 35.4 Å². The number of hydrogen-bond donors (Lipinski definition) is 2. The van der Waals surface area contributed by atoms with Crippen molar-refractivity contribution in [2.24, 2.45) is 0 Å². The van der Waals surface area contributed by atoms with Gasteiger partial charge in [0.05, 0.1) is 11.7 Å². The van der Waals surface area contributed by atoms with E-state index in [9.17, 15) is 18.3 Å². The highest BCUT2D eigenvalue weighted by Crippen LogP contribution is 2.32. The molecule has 2 nitrogen and oxygen atoms in total. The molecule has 106 valence electrons. The van der Waals surface area contributed by atoms with E-state index in [0.29, 0.717) is 0 Å². The second kappa shape index (κ2) is 5.92. The molecule has 0 saturated heterocycles. The van der Waals surface area contributed by atoms with Crippen molar-refractivity contribution in [2.45, 2.75) is 50.6 Å². The molecule has 0 amide bonds. The monoisotopic (exact) mass is 273 g/mol. The van der Waals surface area contributed by atoms with E-state index in [0.717, 1.165) is 31.7 Å². The number of benzene rings is 1. The van der Waals surface area contributed by atoms with Gasteiger partial charge in [-0.1, -0.05) is 31.0 Å². The minimum atomic E-state index is -4.33. The van der Waals surface area contributed by atoms with Gasteiger partial charge in [-0.25, -0.2) is 0 Å².